The van der Waals surface area contributed by atoms with Gasteiger partial charge in [-0.2, -0.15) is 4.37 Å². The number of benzene rings is 1. The molecule has 0 unspecified atom stereocenters. The van der Waals surface area contributed by atoms with E-state index >= 15 is 0 Å². The molecule has 31 heavy (non-hydrogen) atoms. The van der Waals surface area contributed by atoms with Crippen molar-refractivity contribution in [1.82, 2.24) is 24.9 Å². The number of amides is 2. The van der Waals surface area contributed by atoms with Gasteiger partial charge < -0.3 is 15.5 Å². The number of piperazine rings is 1. The zero-order valence-electron chi connectivity index (χ0n) is 18.5. The molecule has 4 rings (SSSR count). The molecule has 1 aliphatic heterocycles. The van der Waals surface area contributed by atoms with E-state index in [1.165, 1.54) is 41.9 Å². The van der Waals surface area contributed by atoms with Crippen molar-refractivity contribution in [3.63, 3.8) is 0 Å². The largest absolute Gasteiger partial charge is 0.344 e. The molecule has 2 amide bonds. The molecular formula is C23H34N6OS. The van der Waals surface area contributed by atoms with E-state index in [4.69, 9.17) is 4.98 Å². The predicted octanol–water partition coefficient (Wildman–Crippen LogP) is 3.19. The zero-order chi connectivity index (χ0) is 21.5. The second-order valence-corrected chi connectivity index (χ2v) is 9.45. The van der Waals surface area contributed by atoms with E-state index < -0.39 is 0 Å². The van der Waals surface area contributed by atoms with Gasteiger partial charge in [-0.1, -0.05) is 49.1 Å². The Morgan fingerprint density at radius 1 is 1.10 bits per heavy atom. The highest BCUT2D eigenvalue weighted by atomic mass is 32.1. The maximum Gasteiger partial charge on any atom is 0.315 e. The van der Waals surface area contributed by atoms with Gasteiger partial charge in [0.2, 0.25) is 5.13 Å². The van der Waals surface area contributed by atoms with Crippen molar-refractivity contribution in [2.45, 2.75) is 51.5 Å². The quantitative estimate of drug-likeness (QED) is 0.689. The topological polar surface area (TPSA) is 73.4 Å². The van der Waals surface area contributed by atoms with Crippen molar-refractivity contribution in [2.24, 2.45) is 0 Å². The van der Waals surface area contributed by atoms with Crippen molar-refractivity contribution < 1.29 is 4.79 Å². The van der Waals surface area contributed by atoms with Crippen molar-refractivity contribution in [2.75, 3.05) is 44.2 Å². The van der Waals surface area contributed by atoms with Gasteiger partial charge in [0.05, 0.1) is 0 Å². The molecule has 8 heteroatoms. The van der Waals surface area contributed by atoms with Gasteiger partial charge in [0, 0.05) is 63.3 Å². The summed E-state index contributed by atoms with van der Waals surface area (Å²) in [6, 6.07) is 8.92. The third kappa shape index (κ3) is 6.64. The molecule has 0 radical (unpaired) electrons. The SMILES string of the molecule is Cc1ccc(Cc2nsc(N3CCN(CCNC(=O)NC4CCCCC4)CC3)n2)cc1. The van der Waals surface area contributed by atoms with E-state index in [1.54, 1.807) is 0 Å². The Labute approximate surface area is 189 Å². The first-order chi connectivity index (χ1) is 15.2. The molecule has 0 atom stereocenters. The molecule has 2 heterocycles. The first-order valence-electron chi connectivity index (χ1n) is 11.6. The summed E-state index contributed by atoms with van der Waals surface area (Å²) >= 11 is 1.50. The lowest BCUT2D eigenvalue weighted by Crippen LogP contribution is -2.50. The monoisotopic (exact) mass is 442 g/mol. The average molecular weight is 443 g/mol. The van der Waals surface area contributed by atoms with Gasteiger partial charge in [-0.05, 0) is 25.3 Å². The third-order valence-corrected chi connectivity index (χ3v) is 7.05. The number of urea groups is 1. The van der Waals surface area contributed by atoms with Crippen LogP contribution in [0.1, 0.15) is 49.1 Å². The summed E-state index contributed by atoms with van der Waals surface area (Å²) < 4.78 is 4.57. The Bertz CT molecular complexity index is 825. The fourth-order valence-electron chi connectivity index (χ4n) is 4.31. The van der Waals surface area contributed by atoms with Crippen LogP contribution in [0.3, 0.4) is 0 Å². The molecule has 2 fully saturated rings. The molecule has 0 spiro atoms. The number of carbonyl (C=O) groups is 1. The number of aryl methyl sites for hydroxylation is 1. The van der Waals surface area contributed by atoms with Crippen LogP contribution in [-0.4, -0.2) is 65.6 Å². The van der Waals surface area contributed by atoms with Gasteiger partial charge in [0.15, 0.2) is 0 Å². The lowest BCUT2D eigenvalue weighted by atomic mass is 9.96. The highest BCUT2D eigenvalue weighted by molar-refractivity contribution is 7.09. The Balaban J connectivity index is 1.15. The zero-order valence-corrected chi connectivity index (χ0v) is 19.3. The minimum Gasteiger partial charge on any atom is -0.344 e. The van der Waals surface area contributed by atoms with Gasteiger partial charge in [-0.25, -0.2) is 9.78 Å². The van der Waals surface area contributed by atoms with Crippen LogP contribution in [0.2, 0.25) is 0 Å². The van der Waals surface area contributed by atoms with Crippen LogP contribution < -0.4 is 15.5 Å². The summed E-state index contributed by atoms with van der Waals surface area (Å²) in [5.74, 6) is 0.902. The van der Waals surface area contributed by atoms with Gasteiger partial charge in [-0.3, -0.25) is 4.90 Å². The molecule has 1 aromatic carbocycles. The third-order valence-electron chi connectivity index (χ3n) is 6.24. The molecule has 7 nitrogen and oxygen atoms in total. The molecule has 2 aromatic rings. The van der Waals surface area contributed by atoms with Gasteiger partial charge in [-0.15, -0.1) is 0 Å². The molecule has 1 aliphatic carbocycles. The molecule has 0 bridgehead atoms. The van der Waals surface area contributed by atoms with Crippen molar-refractivity contribution in [1.29, 1.82) is 0 Å². The van der Waals surface area contributed by atoms with Crippen molar-refractivity contribution in [3.8, 4) is 0 Å². The van der Waals surface area contributed by atoms with Crippen LogP contribution >= 0.6 is 11.5 Å². The van der Waals surface area contributed by atoms with E-state index in [0.29, 0.717) is 12.6 Å². The highest BCUT2D eigenvalue weighted by Gasteiger charge is 2.20. The smallest absolute Gasteiger partial charge is 0.315 e. The van der Waals surface area contributed by atoms with Crippen LogP contribution in [0, 0.1) is 6.92 Å². The van der Waals surface area contributed by atoms with Crippen molar-refractivity contribution in [3.05, 3.63) is 41.2 Å². The molecular weight excluding hydrogens is 408 g/mol. The van der Waals surface area contributed by atoms with E-state index in [1.807, 2.05) is 0 Å². The van der Waals surface area contributed by atoms with E-state index in [9.17, 15) is 4.79 Å². The number of nitrogens with zero attached hydrogens (tertiary/aromatic N) is 4. The number of anilines is 1. The van der Waals surface area contributed by atoms with Crippen molar-refractivity contribution >= 4 is 22.7 Å². The molecule has 1 saturated carbocycles. The van der Waals surface area contributed by atoms with Crippen LogP contribution in [0.25, 0.3) is 0 Å². The lowest BCUT2D eigenvalue weighted by Gasteiger charge is -2.34. The predicted molar refractivity (Wildman–Crippen MR) is 126 cm³/mol. The molecule has 168 valence electrons. The van der Waals surface area contributed by atoms with Crippen LogP contribution in [0.15, 0.2) is 24.3 Å². The minimum atomic E-state index is -0.0134. The Morgan fingerprint density at radius 3 is 2.58 bits per heavy atom. The number of rotatable bonds is 7. The normalized spacial score (nSPS) is 18.2. The Kier molecular flexibility index (Phi) is 7.75. The number of carbonyl (C=O) groups excluding carboxylic acids is 1. The highest BCUT2D eigenvalue weighted by Crippen LogP contribution is 2.21. The molecule has 2 N–H and O–H groups in total. The number of nitrogens with one attached hydrogen (secondary N) is 2. The second kappa shape index (κ2) is 10.9. The first kappa shape index (κ1) is 22.0. The Morgan fingerprint density at radius 2 is 1.84 bits per heavy atom. The van der Waals surface area contributed by atoms with Crippen LogP contribution in [0.4, 0.5) is 9.93 Å². The Hall–Kier alpha value is -2.19. The summed E-state index contributed by atoms with van der Waals surface area (Å²) in [7, 11) is 0. The molecule has 1 aromatic heterocycles. The number of aromatic nitrogens is 2. The van der Waals surface area contributed by atoms with E-state index in [-0.39, 0.29) is 6.03 Å². The summed E-state index contributed by atoms with van der Waals surface area (Å²) in [4.78, 5) is 21.6. The molecule has 1 saturated heterocycles. The maximum absolute atomic E-state index is 12.1. The van der Waals surface area contributed by atoms with Crippen LogP contribution in [-0.2, 0) is 6.42 Å². The second-order valence-electron chi connectivity index (χ2n) is 8.72. The molecule has 2 aliphatic rings. The van der Waals surface area contributed by atoms with Gasteiger partial charge >= 0.3 is 6.03 Å². The number of hydrogen-bond donors (Lipinski definition) is 2. The average Bonchev–Trinajstić information content (AvgIpc) is 3.25. The maximum atomic E-state index is 12.1. The van der Waals surface area contributed by atoms with Gasteiger partial charge in [0.25, 0.3) is 0 Å². The fourth-order valence-corrected chi connectivity index (χ4v) is 5.04. The lowest BCUT2D eigenvalue weighted by molar-refractivity contribution is 0.225. The number of hydrogen-bond acceptors (Lipinski definition) is 6. The summed E-state index contributed by atoms with van der Waals surface area (Å²) in [5.41, 5.74) is 2.52. The first-order valence-corrected chi connectivity index (χ1v) is 12.3. The summed E-state index contributed by atoms with van der Waals surface area (Å²) in [6.07, 6.45) is 6.79. The van der Waals surface area contributed by atoms with E-state index in [0.717, 1.165) is 62.9 Å². The fraction of sp³-hybridized carbons (Fsp3) is 0.609. The van der Waals surface area contributed by atoms with E-state index in [2.05, 4.69) is 56.0 Å². The minimum absolute atomic E-state index is 0.0134. The summed E-state index contributed by atoms with van der Waals surface area (Å²) in [6.45, 7) is 7.56. The van der Waals surface area contributed by atoms with Crippen LogP contribution in [0.5, 0.6) is 0 Å². The summed E-state index contributed by atoms with van der Waals surface area (Å²) in [5, 5.41) is 7.16. The van der Waals surface area contributed by atoms with Gasteiger partial charge in [0.1, 0.15) is 5.82 Å². The standard InChI is InChI=1S/C23H34N6OS/c1-18-7-9-19(10-8-18)17-21-26-23(31-27-21)29-15-13-28(14-16-29)12-11-24-22(30)25-20-5-3-2-4-6-20/h7-10,20H,2-6,11-17H2,1H3,(H2,24,25,30).